The fourth-order valence-electron chi connectivity index (χ4n) is 2.50. The lowest BCUT2D eigenvalue weighted by molar-refractivity contribution is 0.134. The number of aliphatic imine (C=N–C) groups is 1. The standard InChI is InChI=1S/C21H29N3O2/c1-4-22-21(24-15-19-8-6-7-9-20(19)25-3)23-14-17-10-12-18(13-11-17)16-26-5-2/h6-13H,4-5,14-16H2,1-3H3,(H2,22,23,24). The third-order valence-electron chi connectivity index (χ3n) is 3.90. The first-order valence-electron chi connectivity index (χ1n) is 9.06. The lowest BCUT2D eigenvalue weighted by atomic mass is 10.1. The van der Waals surface area contributed by atoms with Gasteiger partial charge in [-0.3, -0.25) is 0 Å². The van der Waals surface area contributed by atoms with Crippen LogP contribution in [0.15, 0.2) is 53.5 Å². The van der Waals surface area contributed by atoms with Gasteiger partial charge in [-0.25, -0.2) is 4.99 Å². The molecule has 140 valence electrons. The Morgan fingerprint density at radius 3 is 2.38 bits per heavy atom. The van der Waals surface area contributed by atoms with Crippen LogP contribution in [0.1, 0.15) is 30.5 Å². The van der Waals surface area contributed by atoms with Crippen molar-refractivity contribution in [3.8, 4) is 5.75 Å². The van der Waals surface area contributed by atoms with E-state index in [0.717, 1.165) is 30.4 Å². The average molecular weight is 355 g/mol. The van der Waals surface area contributed by atoms with E-state index < -0.39 is 0 Å². The minimum Gasteiger partial charge on any atom is -0.496 e. The van der Waals surface area contributed by atoms with Crippen LogP contribution in [0.25, 0.3) is 0 Å². The summed E-state index contributed by atoms with van der Waals surface area (Å²) in [6.07, 6.45) is 0. The van der Waals surface area contributed by atoms with E-state index in [1.165, 1.54) is 11.1 Å². The van der Waals surface area contributed by atoms with Gasteiger partial charge < -0.3 is 20.1 Å². The van der Waals surface area contributed by atoms with E-state index in [2.05, 4.69) is 46.8 Å². The Morgan fingerprint density at radius 1 is 0.962 bits per heavy atom. The molecule has 26 heavy (non-hydrogen) atoms. The largest absolute Gasteiger partial charge is 0.496 e. The summed E-state index contributed by atoms with van der Waals surface area (Å²) in [6, 6.07) is 16.4. The first-order chi connectivity index (χ1) is 12.8. The maximum Gasteiger partial charge on any atom is 0.191 e. The highest BCUT2D eigenvalue weighted by atomic mass is 16.5. The van der Waals surface area contributed by atoms with Gasteiger partial charge in [0.1, 0.15) is 5.75 Å². The number of para-hydroxylation sites is 1. The smallest absolute Gasteiger partial charge is 0.191 e. The summed E-state index contributed by atoms with van der Waals surface area (Å²) in [4.78, 5) is 4.67. The highest BCUT2D eigenvalue weighted by Gasteiger charge is 2.03. The molecule has 0 atom stereocenters. The van der Waals surface area contributed by atoms with Crippen LogP contribution in [0, 0.1) is 0 Å². The van der Waals surface area contributed by atoms with Crippen LogP contribution in [-0.4, -0.2) is 26.2 Å². The zero-order valence-corrected chi connectivity index (χ0v) is 15.9. The molecule has 0 heterocycles. The summed E-state index contributed by atoms with van der Waals surface area (Å²) in [5, 5.41) is 6.64. The van der Waals surface area contributed by atoms with Gasteiger partial charge in [-0.2, -0.15) is 0 Å². The SMILES string of the molecule is CCNC(=NCc1ccc(COCC)cc1)NCc1ccccc1OC. The van der Waals surface area contributed by atoms with Crippen LogP contribution in [0.2, 0.25) is 0 Å². The zero-order chi connectivity index (χ0) is 18.6. The topological polar surface area (TPSA) is 54.9 Å². The summed E-state index contributed by atoms with van der Waals surface area (Å²) >= 11 is 0. The molecule has 0 radical (unpaired) electrons. The molecule has 0 fully saturated rings. The zero-order valence-electron chi connectivity index (χ0n) is 15.9. The molecule has 2 N–H and O–H groups in total. The molecule has 0 aliphatic carbocycles. The Hall–Kier alpha value is -2.53. The van der Waals surface area contributed by atoms with Gasteiger partial charge in [-0.05, 0) is 31.0 Å². The number of ether oxygens (including phenoxy) is 2. The highest BCUT2D eigenvalue weighted by Crippen LogP contribution is 2.16. The number of methoxy groups -OCH3 is 1. The van der Waals surface area contributed by atoms with Crippen molar-refractivity contribution in [2.24, 2.45) is 4.99 Å². The predicted octanol–water partition coefficient (Wildman–Crippen LogP) is 3.49. The molecule has 0 aliphatic heterocycles. The van der Waals surface area contributed by atoms with Crippen molar-refractivity contribution < 1.29 is 9.47 Å². The summed E-state index contributed by atoms with van der Waals surface area (Å²) < 4.78 is 10.8. The van der Waals surface area contributed by atoms with E-state index in [-0.39, 0.29) is 0 Å². The molecule has 0 saturated carbocycles. The molecular formula is C21H29N3O2. The number of benzene rings is 2. The minimum absolute atomic E-state index is 0.621. The summed E-state index contributed by atoms with van der Waals surface area (Å²) in [5.74, 6) is 1.66. The van der Waals surface area contributed by atoms with Crippen molar-refractivity contribution in [1.29, 1.82) is 0 Å². The number of hydrogen-bond acceptors (Lipinski definition) is 3. The fraction of sp³-hybridized carbons (Fsp3) is 0.381. The fourth-order valence-corrected chi connectivity index (χ4v) is 2.50. The molecule has 2 aromatic carbocycles. The van der Waals surface area contributed by atoms with Crippen LogP contribution in [0.3, 0.4) is 0 Å². The second kappa shape index (κ2) is 11.2. The van der Waals surface area contributed by atoms with E-state index in [4.69, 9.17) is 9.47 Å². The highest BCUT2D eigenvalue weighted by molar-refractivity contribution is 5.79. The molecule has 5 heteroatoms. The molecule has 5 nitrogen and oxygen atoms in total. The molecule has 0 aliphatic rings. The molecule has 2 rings (SSSR count). The lowest BCUT2D eigenvalue weighted by Crippen LogP contribution is -2.36. The second-order valence-electron chi connectivity index (χ2n) is 5.81. The van der Waals surface area contributed by atoms with Gasteiger partial charge >= 0.3 is 0 Å². The van der Waals surface area contributed by atoms with Crippen LogP contribution in [0.5, 0.6) is 5.75 Å². The number of guanidine groups is 1. The van der Waals surface area contributed by atoms with E-state index in [1.807, 2.05) is 31.2 Å². The Bertz CT molecular complexity index is 684. The van der Waals surface area contributed by atoms with Crippen LogP contribution >= 0.6 is 0 Å². The van der Waals surface area contributed by atoms with E-state index in [1.54, 1.807) is 7.11 Å². The van der Waals surface area contributed by atoms with Gasteiger partial charge in [0.05, 0.1) is 20.3 Å². The summed E-state index contributed by atoms with van der Waals surface area (Å²) in [6.45, 7) is 7.54. The molecule has 0 aromatic heterocycles. The maximum atomic E-state index is 5.42. The molecule has 0 saturated heterocycles. The number of nitrogens with zero attached hydrogens (tertiary/aromatic N) is 1. The first-order valence-corrected chi connectivity index (χ1v) is 9.06. The van der Waals surface area contributed by atoms with Gasteiger partial charge in [-0.1, -0.05) is 42.5 Å². The van der Waals surface area contributed by atoms with Gasteiger partial charge in [0.15, 0.2) is 5.96 Å². The maximum absolute atomic E-state index is 5.42. The second-order valence-corrected chi connectivity index (χ2v) is 5.81. The van der Waals surface area contributed by atoms with Crippen molar-refractivity contribution in [3.05, 3.63) is 65.2 Å². The van der Waals surface area contributed by atoms with Gasteiger partial charge in [0.25, 0.3) is 0 Å². The Kier molecular flexibility index (Phi) is 8.49. The van der Waals surface area contributed by atoms with Crippen LogP contribution < -0.4 is 15.4 Å². The number of nitrogens with one attached hydrogen (secondary N) is 2. The molecule has 2 aromatic rings. The minimum atomic E-state index is 0.621. The van der Waals surface area contributed by atoms with Crippen molar-refractivity contribution in [3.63, 3.8) is 0 Å². The van der Waals surface area contributed by atoms with Crippen LogP contribution in [0.4, 0.5) is 0 Å². The molecule has 0 spiro atoms. The number of rotatable bonds is 9. The Morgan fingerprint density at radius 2 is 1.69 bits per heavy atom. The van der Waals surface area contributed by atoms with Crippen molar-refractivity contribution in [2.45, 2.75) is 33.5 Å². The lowest BCUT2D eigenvalue weighted by Gasteiger charge is -2.13. The van der Waals surface area contributed by atoms with Gasteiger partial charge in [0.2, 0.25) is 0 Å². The van der Waals surface area contributed by atoms with E-state index in [0.29, 0.717) is 19.7 Å². The van der Waals surface area contributed by atoms with E-state index >= 15 is 0 Å². The van der Waals surface area contributed by atoms with Crippen molar-refractivity contribution >= 4 is 5.96 Å². The monoisotopic (exact) mass is 355 g/mol. The number of hydrogen-bond donors (Lipinski definition) is 2. The van der Waals surface area contributed by atoms with E-state index in [9.17, 15) is 0 Å². The molecule has 0 amide bonds. The van der Waals surface area contributed by atoms with Gasteiger partial charge in [0, 0.05) is 25.3 Å². The van der Waals surface area contributed by atoms with Crippen molar-refractivity contribution in [2.75, 3.05) is 20.3 Å². The van der Waals surface area contributed by atoms with Crippen LogP contribution in [-0.2, 0) is 24.4 Å². The molecular weight excluding hydrogens is 326 g/mol. The summed E-state index contributed by atoms with van der Waals surface area (Å²) in [7, 11) is 1.69. The Labute approximate surface area is 156 Å². The average Bonchev–Trinajstić information content (AvgIpc) is 2.69. The predicted molar refractivity (Wildman–Crippen MR) is 106 cm³/mol. The van der Waals surface area contributed by atoms with Gasteiger partial charge in [-0.15, -0.1) is 0 Å². The quantitative estimate of drug-likeness (QED) is 0.534. The Balaban J connectivity index is 1.95. The molecule has 0 unspecified atom stereocenters. The first kappa shape index (κ1) is 19.8. The summed E-state index contributed by atoms with van der Waals surface area (Å²) in [5.41, 5.74) is 3.45. The normalized spacial score (nSPS) is 11.3. The third kappa shape index (κ3) is 6.41. The van der Waals surface area contributed by atoms with Crippen molar-refractivity contribution in [1.82, 2.24) is 10.6 Å². The molecule has 0 bridgehead atoms. The third-order valence-corrected chi connectivity index (χ3v) is 3.90.